The first-order chi connectivity index (χ1) is 7.72. The molecule has 16 heavy (non-hydrogen) atoms. The van der Waals surface area contributed by atoms with Crippen LogP contribution < -0.4 is 11.3 Å². The van der Waals surface area contributed by atoms with Gasteiger partial charge in [-0.2, -0.15) is 0 Å². The molecule has 0 amide bonds. The Morgan fingerprint density at radius 3 is 2.94 bits per heavy atom. The van der Waals surface area contributed by atoms with Gasteiger partial charge in [0.05, 0.1) is 5.52 Å². The molecule has 84 valence electrons. The monoisotopic (exact) mass is 216 g/mol. The summed E-state index contributed by atoms with van der Waals surface area (Å²) in [6, 6.07) is 7.99. The molecule has 0 spiro atoms. The number of benzene rings is 1. The molecule has 0 aliphatic rings. The van der Waals surface area contributed by atoms with E-state index in [-0.39, 0.29) is 5.56 Å². The van der Waals surface area contributed by atoms with Crippen LogP contribution in [0.15, 0.2) is 29.1 Å². The Hall–Kier alpha value is -1.61. The van der Waals surface area contributed by atoms with Crippen LogP contribution in [0.4, 0.5) is 0 Å². The Balaban J connectivity index is 2.54. The van der Waals surface area contributed by atoms with Gasteiger partial charge in [-0.3, -0.25) is 4.79 Å². The van der Waals surface area contributed by atoms with Gasteiger partial charge in [0.2, 0.25) is 0 Å². The van der Waals surface area contributed by atoms with Crippen molar-refractivity contribution in [2.45, 2.75) is 19.8 Å². The number of aromatic nitrogens is 1. The zero-order chi connectivity index (χ0) is 11.5. The molecule has 0 radical (unpaired) electrons. The van der Waals surface area contributed by atoms with Crippen molar-refractivity contribution in [3.05, 3.63) is 45.7 Å². The van der Waals surface area contributed by atoms with Crippen molar-refractivity contribution in [1.82, 2.24) is 4.98 Å². The Bertz CT molecular complexity index is 557. The van der Waals surface area contributed by atoms with E-state index < -0.39 is 0 Å². The SMILES string of the molecule is Cc1cccc2cc(CCCN)c(=O)[nH]c12. The number of nitrogens with two attached hydrogens (primary N) is 1. The maximum absolute atomic E-state index is 11.8. The molecule has 0 aliphatic heterocycles. The lowest BCUT2D eigenvalue weighted by molar-refractivity contribution is 0.824. The zero-order valence-electron chi connectivity index (χ0n) is 9.42. The molecule has 1 aromatic heterocycles. The van der Waals surface area contributed by atoms with Crippen molar-refractivity contribution < 1.29 is 0 Å². The van der Waals surface area contributed by atoms with E-state index >= 15 is 0 Å². The minimum absolute atomic E-state index is 0.00949. The summed E-state index contributed by atoms with van der Waals surface area (Å²) in [5, 5.41) is 1.09. The summed E-state index contributed by atoms with van der Waals surface area (Å²) in [5.41, 5.74) is 8.31. The van der Waals surface area contributed by atoms with Crippen LogP contribution in [0.3, 0.4) is 0 Å². The standard InChI is InChI=1S/C13H16N2O/c1-9-4-2-5-10-8-11(6-3-7-14)13(16)15-12(9)10/h2,4-5,8H,3,6-7,14H2,1H3,(H,15,16). The van der Waals surface area contributed by atoms with Crippen LogP contribution >= 0.6 is 0 Å². The minimum Gasteiger partial charge on any atom is -0.330 e. The van der Waals surface area contributed by atoms with E-state index in [0.29, 0.717) is 6.54 Å². The highest BCUT2D eigenvalue weighted by atomic mass is 16.1. The van der Waals surface area contributed by atoms with Crippen molar-refractivity contribution in [2.24, 2.45) is 5.73 Å². The van der Waals surface area contributed by atoms with E-state index in [1.54, 1.807) is 0 Å². The van der Waals surface area contributed by atoms with Gasteiger partial charge in [0.1, 0.15) is 0 Å². The smallest absolute Gasteiger partial charge is 0.251 e. The van der Waals surface area contributed by atoms with Crippen LogP contribution in [-0.4, -0.2) is 11.5 Å². The summed E-state index contributed by atoms with van der Waals surface area (Å²) < 4.78 is 0. The second kappa shape index (κ2) is 4.49. The third-order valence-electron chi connectivity index (χ3n) is 2.82. The molecular weight excluding hydrogens is 200 g/mol. The highest BCUT2D eigenvalue weighted by Crippen LogP contribution is 2.15. The highest BCUT2D eigenvalue weighted by molar-refractivity contribution is 5.81. The van der Waals surface area contributed by atoms with Crippen LogP contribution in [0, 0.1) is 6.92 Å². The predicted molar refractivity (Wildman–Crippen MR) is 66.7 cm³/mol. The second-order valence-corrected chi connectivity index (χ2v) is 4.06. The molecule has 0 saturated heterocycles. The van der Waals surface area contributed by atoms with Crippen molar-refractivity contribution in [1.29, 1.82) is 0 Å². The van der Waals surface area contributed by atoms with Crippen LogP contribution in [0.1, 0.15) is 17.5 Å². The molecule has 0 fully saturated rings. The maximum atomic E-state index is 11.8. The number of pyridine rings is 1. The number of para-hydroxylation sites is 1. The third-order valence-corrected chi connectivity index (χ3v) is 2.82. The van der Waals surface area contributed by atoms with Gasteiger partial charge in [-0.05, 0) is 43.3 Å². The summed E-state index contributed by atoms with van der Waals surface area (Å²) >= 11 is 0. The first kappa shape index (κ1) is 10.9. The molecule has 1 aromatic carbocycles. The topological polar surface area (TPSA) is 58.9 Å². The number of aryl methyl sites for hydroxylation is 2. The van der Waals surface area contributed by atoms with E-state index in [1.807, 2.05) is 31.2 Å². The van der Waals surface area contributed by atoms with Gasteiger partial charge in [0, 0.05) is 5.56 Å². The third kappa shape index (κ3) is 1.99. The van der Waals surface area contributed by atoms with Crippen molar-refractivity contribution in [3.63, 3.8) is 0 Å². The van der Waals surface area contributed by atoms with Crippen molar-refractivity contribution in [3.8, 4) is 0 Å². The fraction of sp³-hybridized carbons (Fsp3) is 0.308. The van der Waals surface area contributed by atoms with Gasteiger partial charge in [-0.1, -0.05) is 18.2 Å². The number of rotatable bonds is 3. The number of hydrogen-bond acceptors (Lipinski definition) is 2. The average molecular weight is 216 g/mol. The average Bonchev–Trinajstić information content (AvgIpc) is 2.28. The van der Waals surface area contributed by atoms with Crippen LogP contribution in [0.2, 0.25) is 0 Å². The molecule has 2 rings (SSSR count). The first-order valence-corrected chi connectivity index (χ1v) is 5.54. The van der Waals surface area contributed by atoms with E-state index in [0.717, 1.165) is 34.9 Å². The van der Waals surface area contributed by atoms with E-state index in [1.165, 1.54) is 0 Å². The summed E-state index contributed by atoms with van der Waals surface area (Å²) in [6.45, 7) is 2.61. The number of aromatic amines is 1. The Labute approximate surface area is 94.3 Å². The Morgan fingerprint density at radius 1 is 1.38 bits per heavy atom. The minimum atomic E-state index is 0.00949. The highest BCUT2D eigenvalue weighted by Gasteiger charge is 2.03. The molecule has 0 atom stereocenters. The van der Waals surface area contributed by atoms with Gasteiger partial charge >= 0.3 is 0 Å². The summed E-state index contributed by atoms with van der Waals surface area (Å²) in [5.74, 6) is 0. The molecule has 0 unspecified atom stereocenters. The Morgan fingerprint density at radius 2 is 2.19 bits per heavy atom. The molecule has 3 nitrogen and oxygen atoms in total. The number of fused-ring (bicyclic) bond motifs is 1. The van der Waals surface area contributed by atoms with Gasteiger partial charge in [-0.15, -0.1) is 0 Å². The second-order valence-electron chi connectivity index (χ2n) is 4.06. The van der Waals surface area contributed by atoms with Crippen LogP contribution in [0.25, 0.3) is 10.9 Å². The van der Waals surface area contributed by atoms with E-state index in [4.69, 9.17) is 5.73 Å². The molecule has 1 heterocycles. The van der Waals surface area contributed by atoms with Gasteiger partial charge in [0.15, 0.2) is 0 Å². The summed E-state index contributed by atoms with van der Waals surface area (Å²) in [7, 11) is 0. The zero-order valence-corrected chi connectivity index (χ0v) is 9.42. The molecule has 3 heteroatoms. The number of hydrogen-bond donors (Lipinski definition) is 2. The largest absolute Gasteiger partial charge is 0.330 e. The fourth-order valence-corrected chi connectivity index (χ4v) is 1.91. The molecule has 0 bridgehead atoms. The lowest BCUT2D eigenvalue weighted by Crippen LogP contribution is -2.14. The van der Waals surface area contributed by atoms with Gasteiger partial charge in [0.25, 0.3) is 5.56 Å². The van der Waals surface area contributed by atoms with Crippen LogP contribution in [0.5, 0.6) is 0 Å². The maximum Gasteiger partial charge on any atom is 0.251 e. The number of nitrogens with one attached hydrogen (secondary N) is 1. The lowest BCUT2D eigenvalue weighted by Gasteiger charge is -2.04. The normalized spacial score (nSPS) is 10.9. The van der Waals surface area contributed by atoms with Crippen molar-refractivity contribution >= 4 is 10.9 Å². The fourth-order valence-electron chi connectivity index (χ4n) is 1.91. The van der Waals surface area contributed by atoms with Crippen molar-refractivity contribution in [2.75, 3.05) is 6.54 Å². The number of H-pyrrole nitrogens is 1. The molecule has 2 aromatic rings. The lowest BCUT2D eigenvalue weighted by atomic mass is 10.1. The van der Waals surface area contributed by atoms with E-state index in [2.05, 4.69) is 4.98 Å². The molecule has 0 aliphatic carbocycles. The summed E-state index contributed by atoms with van der Waals surface area (Å²) in [6.07, 6.45) is 1.59. The van der Waals surface area contributed by atoms with Crippen LogP contribution in [-0.2, 0) is 6.42 Å². The van der Waals surface area contributed by atoms with E-state index in [9.17, 15) is 4.79 Å². The predicted octanol–water partition coefficient (Wildman–Crippen LogP) is 1.73. The molecule has 3 N–H and O–H groups in total. The first-order valence-electron chi connectivity index (χ1n) is 5.54. The van der Waals surface area contributed by atoms with Gasteiger partial charge < -0.3 is 10.7 Å². The molecular formula is C13H16N2O. The van der Waals surface area contributed by atoms with Gasteiger partial charge in [-0.25, -0.2) is 0 Å². The Kier molecular flexibility index (Phi) is 3.06. The molecule has 0 saturated carbocycles. The quantitative estimate of drug-likeness (QED) is 0.820. The summed E-state index contributed by atoms with van der Waals surface area (Å²) in [4.78, 5) is 14.7.